The summed E-state index contributed by atoms with van der Waals surface area (Å²) in [5.74, 6) is -0.590. The molecule has 0 spiro atoms. The van der Waals surface area contributed by atoms with Gasteiger partial charge >= 0.3 is 5.97 Å². The van der Waals surface area contributed by atoms with E-state index in [0.717, 1.165) is 0 Å². The van der Waals surface area contributed by atoms with Gasteiger partial charge in [0.2, 0.25) is 0 Å². The third-order valence-corrected chi connectivity index (χ3v) is 2.37. The number of ether oxygens (including phenoxy) is 1. The molecule has 0 fully saturated rings. The summed E-state index contributed by atoms with van der Waals surface area (Å²) in [7, 11) is 1.49. The van der Waals surface area contributed by atoms with Crippen molar-refractivity contribution < 1.29 is 19.4 Å². The number of aromatic carboxylic acids is 1. The van der Waals surface area contributed by atoms with E-state index >= 15 is 0 Å². The molecule has 0 amide bonds. The van der Waals surface area contributed by atoms with Gasteiger partial charge in [-0.25, -0.2) is 4.79 Å². The first-order valence-electron chi connectivity index (χ1n) is 4.55. The second kappa shape index (κ2) is 3.69. The molecule has 16 heavy (non-hydrogen) atoms. The summed E-state index contributed by atoms with van der Waals surface area (Å²) in [5, 5.41) is 9.49. The minimum Gasteiger partial charge on any atom is -0.497 e. The van der Waals surface area contributed by atoms with Crippen LogP contribution in [-0.2, 0) is 0 Å². The Hall–Kier alpha value is -2.30. The molecule has 0 aliphatic rings. The maximum absolute atomic E-state index is 11.0. The summed E-state index contributed by atoms with van der Waals surface area (Å²) in [6.45, 7) is 0. The number of benzene rings is 1. The van der Waals surface area contributed by atoms with Gasteiger partial charge in [-0.05, 0) is 18.2 Å². The van der Waals surface area contributed by atoms with E-state index in [4.69, 9.17) is 9.84 Å². The molecule has 2 rings (SSSR count). The maximum atomic E-state index is 11.0. The van der Waals surface area contributed by atoms with Crippen molar-refractivity contribution in [1.29, 1.82) is 0 Å². The summed E-state index contributed by atoms with van der Waals surface area (Å²) in [6, 6.07) is 4.95. The van der Waals surface area contributed by atoms with Crippen LogP contribution in [0, 0.1) is 0 Å². The Labute approximate surface area is 90.6 Å². The van der Waals surface area contributed by atoms with Crippen LogP contribution < -0.4 is 4.74 Å². The van der Waals surface area contributed by atoms with Crippen LogP contribution >= 0.6 is 0 Å². The predicted molar refractivity (Wildman–Crippen MR) is 57.2 cm³/mol. The first kappa shape index (κ1) is 10.2. The minimum atomic E-state index is -1.14. The molecular formula is C11H9NO4. The highest BCUT2D eigenvalue weighted by molar-refractivity contribution is 6.09. The summed E-state index contributed by atoms with van der Waals surface area (Å²) in [4.78, 5) is 24.5. The van der Waals surface area contributed by atoms with Crippen molar-refractivity contribution in [3.05, 3.63) is 29.5 Å². The van der Waals surface area contributed by atoms with Crippen molar-refractivity contribution in [2.24, 2.45) is 0 Å². The molecule has 2 aromatic rings. The second-order valence-electron chi connectivity index (χ2n) is 3.25. The average Bonchev–Trinajstić information content (AvgIpc) is 2.65. The second-order valence-corrected chi connectivity index (χ2v) is 3.25. The number of aldehydes is 1. The monoisotopic (exact) mass is 219 g/mol. The van der Waals surface area contributed by atoms with Crippen LogP contribution in [0.15, 0.2) is 18.2 Å². The molecule has 2 N–H and O–H groups in total. The van der Waals surface area contributed by atoms with Crippen LogP contribution in [0.3, 0.4) is 0 Å². The van der Waals surface area contributed by atoms with Crippen LogP contribution in [0.2, 0.25) is 0 Å². The Morgan fingerprint density at radius 3 is 2.81 bits per heavy atom. The van der Waals surface area contributed by atoms with E-state index in [0.29, 0.717) is 22.9 Å². The molecular weight excluding hydrogens is 210 g/mol. The molecule has 0 atom stereocenters. The van der Waals surface area contributed by atoms with Crippen molar-refractivity contribution in [2.45, 2.75) is 0 Å². The number of carboxylic acids is 1. The molecule has 0 saturated carbocycles. The van der Waals surface area contributed by atoms with Crippen molar-refractivity contribution in [1.82, 2.24) is 4.98 Å². The standard InChI is InChI=1S/C11H9NO4/c1-16-6-2-3-8-7(4-6)10(11(14)15)9(5-13)12-8/h2-5,12H,1H3,(H,14,15). The van der Waals surface area contributed by atoms with Crippen LogP contribution in [-0.4, -0.2) is 29.5 Å². The fraction of sp³-hybridized carbons (Fsp3) is 0.0909. The molecule has 5 nitrogen and oxygen atoms in total. The number of aromatic amines is 1. The van der Waals surface area contributed by atoms with Gasteiger partial charge in [-0.15, -0.1) is 0 Å². The number of rotatable bonds is 3. The molecule has 0 aliphatic heterocycles. The zero-order valence-corrected chi connectivity index (χ0v) is 8.48. The minimum absolute atomic E-state index is 0.0242. The van der Waals surface area contributed by atoms with E-state index in [2.05, 4.69) is 4.98 Å². The lowest BCUT2D eigenvalue weighted by atomic mass is 10.1. The van der Waals surface area contributed by atoms with Gasteiger partial charge in [0.25, 0.3) is 0 Å². The van der Waals surface area contributed by atoms with Gasteiger partial charge in [0.15, 0.2) is 6.29 Å². The number of carbonyl (C=O) groups is 2. The maximum Gasteiger partial charge on any atom is 0.338 e. The number of H-pyrrole nitrogens is 1. The average molecular weight is 219 g/mol. The normalized spacial score (nSPS) is 10.3. The lowest BCUT2D eigenvalue weighted by Crippen LogP contribution is -1.99. The Bertz CT molecular complexity index is 571. The van der Waals surface area contributed by atoms with E-state index < -0.39 is 5.97 Å². The number of methoxy groups -OCH3 is 1. The smallest absolute Gasteiger partial charge is 0.338 e. The van der Waals surface area contributed by atoms with Gasteiger partial charge in [-0.2, -0.15) is 0 Å². The molecule has 0 radical (unpaired) electrons. The number of hydrogen-bond acceptors (Lipinski definition) is 3. The topological polar surface area (TPSA) is 79.4 Å². The summed E-state index contributed by atoms with van der Waals surface area (Å²) < 4.78 is 5.00. The van der Waals surface area contributed by atoms with E-state index in [1.54, 1.807) is 18.2 Å². The largest absolute Gasteiger partial charge is 0.497 e. The summed E-state index contributed by atoms with van der Waals surface area (Å²) in [6.07, 6.45) is 0.496. The third-order valence-electron chi connectivity index (χ3n) is 2.37. The predicted octanol–water partition coefficient (Wildman–Crippen LogP) is 1.69. The van der Waals surface area contributed by atoms with Crippen LogP contribution in [0.5, 0.6) is 5.75 Å². The Kier molecular flexibility index (Phi) is 2.36. The van der Waals surface area contributed by atoms with Crippen LogP contribution in [0.25, 0.3) is 10.9 Å². The zero-order valence-electron chi connectivity index (χ0n) is 8.48. The highest BCUT2D eigenvalue weighted by Gasteiger charge is 2.17. The molecule has 1 heterocycles. The zero-order chi connectivity index (χ0) is 11.7. The van der Waals surface area contributed by atoms with Gasteiger partial charge in [0.05, 0.1) is 18.4 Å². The van der Waals surface area contributed by atoms with Gasteiger partial charge in [-0.1, -0.05) is 0 Å². The number of fused-ring (bicyclic) bond motifs is 1. The SMILES string of the molecule is COc1ccc2[nH]c(C=O)c(C(=O)O)c2c1. The van der Waals surface area contributed by atoms with Gasteiger partial charge in [0, 0.05) is 10.9 Å². The van der Waals surface area contributed by atoms with Crippen molar-refractivity contribution in [2.75, 3.05) is 7.11 Å². The number of hydrogen-bond donors (Lipinski definition) is 2. The fourth-order valence-electron chi connectivity index (χ4n) is 1.64. The highest BCUT2D eigenvalue weighted by Crippen LogP contribution is 2.25. The van der Waals surface area contributed by atoms with Crippen molar-refractivity contribution >= 4 is 23.2 Å². The summed E-state index contributed by atoms with van der Waals surface area (Å²) in [5.41, 5.74) is 0.639. The lowest BCUT2D eigenvalue weighted by molar-refractivity contribution is 0.0696. The lowest BCUT2D eigenvalue weighted by Gasteiger charge is -1.99. The third kappa shape index (κ3) is 1.42. The molecule has 0 saturated heterocycles. The van der Waals surface area contributed by atoms with E-state index in [-0.39, 0.29) is 11.3 Å². The van der Waals surface area contributed by atoms with Crippen LogP contribution in [0.4, 0.5) is 0 Å². The first-order chi connectivity index (χ1) is 7.67. The Balaban J connectivity index is 2.80. The summed E-state index contributed by atoms with van der Waals surface area (Å²) >= 11 is 0. The Morgan fingerprint density at radius 1 is 1.50 bits per heavy atom. The van der Waals surface area contributed by atoms with Crippen molar-refractivity contribution in [3.63, 3.8) is 0 Å². The molecule has 1 aromatic carbocycles. The number of carboxylic acid groups (broad SMARTS) is 1. The fourth-order valence-corrected chi connectivity index (χ4v) is 1.64. The molecule has 1 aromatic heterocycles. The number of carbonyl (C=O) groups excluding carboxylic acids is 1. The van der Waals surface area contributed by atoms with Gasteiger partial charge in [0.1, 0.15) is 5.75 Å². The number of aromatic nitrogens is 1. The van der Waals surface area contributed by atoms with E-state index in [1.165, 1.54) is 7.11 Å². The van der Waals surface area contributed by atoms with Crippen molar-refractivity contribution in [3.8, 4) is 5.75 Å². The van der Waals surface area contributed by atoms with Gasteiger partial charge < -0.3 is 14.8 Å². The first-order valence-corrected chi connectivity index (χ1v) is 4.55. The van der Waals surface area contributed by atoms with Gasteiger partial charge in [-0.3, -0.25) is 4.79 Å². The Morgan fingerprint density at radius 2 is 2.25 bits per heavy atom. The molecule has 0 unspecified atom stereocenters. The highest BCUT2D eigenvalue weighted by atomic mass is 16.5. The molecule has 5 heteroatoms. The molecule has 82 valence electrons. The van der Waals surface area contributed by atoms with Crippen LogP contribution in [0.1, 0.15) is 20.8 Å². The molecule has 0 bridgehead atoms. The molecule has 0 aliphatic carbocycles. The van der Waals surface area contributed by atoms with E-state index in [9.17, 15) is 9.59 Å². The quantitative estimate of drug-likeness (QED) is 0.770. The van der Waals surface area contributed by atoms with E-state index in [1.807, 2.05) is 0 Å². The number of nitrogens with one attached hydrogen (secondary N) is 1.